The summed E-state index contributed by atoms with van der Waals surface area (Å²) < 4.78 is 13.0. The van der Waals surface area contributed by atoms with Crippen LogP contribution in [0.4, 0.5) is 10.1 Å². The summed E-state index contributed by atoms with van der Waals surface area (Å²) >= 11 is 0. The van der Waals surface area contributed by atoms with E-state index in [0.29, 0.717) is 18.5 Å². The molecule has 1 amide bonds. The molecule has 1 aliphatic heterocycles. The standard InChI is InChI=1S/C13H17FN2O/c1-15(2)12-5-3-10(4-6-12)13(17)16-8-7-11(14)9-16/h3-6,11H,7-9H2,1-2H3/t11-/m0/s1. The van der Waals surface area contributed by atoms with Crippen LogP contribution in [0.15, 0.2) is 24.3 Å². The summed E-state index contributed by atoms with van der Waals surface area (Å²) in [5, 5.41) is 0. The van der Waals surface area contributed by atoms with Gasteiger partial charge in [0.25, 0.3) is 5.91 Å². The van der Waals surface area contributed by atoms with Crippen LogP contribution in [0.25, 0.3) is 0 Å². The van der Waals surface area contributed by atoms with Gasteiger partial charge in [0, 0.05) is 31.9 Å². The van der Waals surface area contributed by atoms with Crippen LogP contribution in [0.5, 0.6) is 0 Å². The zero-order valence-electron chi connectivity index (χ0n) is 10.2. The predicted octanol–water partition coefficient (Wildman–Crippen LogP) is 1.94. The van der Waals surface area contributed by atoms with Gasteiger partial charge in [0.05, 0.1) is 6.54 Å². The minimum absolute atomic E-state index is 0.0737. The highest BCUT2D eigenvalue weighted by molar-refractivity contribution is 5.94. The van der Waals surface area contributed by atoms with Gasteiger partial charge in [-0.05, 0) is 30.7 Å². The van der Waals surface area contributed by atoms with E-state index < -0.39 is 6.17 Å². The van der Waals surface area contributed by atoms with E-state index in [4.69, 9.17) is 0 Å². The van der Waals surface area contributed by atoms with Crippen molar-refractivity contribution in [2.45, 2.75) is 12.6 Å². The van der Waals surface area contributed by atoms with Gasteiger partial charge in [-0.2, -0.15) is 0 Å². The average Bonchev–Trinajstić information content (AvgIpc) is 2.75. The fraction of sp³-hybridized carbons (Fsp3) is 0.462. The molecule has 0 N–H and O–H groups in total. The van der Waals surface area contributed by atoms with Gasteiger partial charge >= 0.3 is 0 Å². The SMILES string of the molecule is CN(C)c1ccc(C(=O)N2CC[C@H](F)C2)cc1. The van der Waals surface area contributed by atoms with Crippen LogP contribution < -0.4 is 4.90 Å². The van der Waals surface area contributed by atoms with Gasteiger partial charge in [-0.25, -0.2) is 4.39 Å². The molecule has 1 saturated heterocycles. The zero-order chi connectivity index (χ0) is 12.4. The molecule has 2 rings (SSSR count). The number of carbonyl (C=O) groups is 1. The number of hydrogen-bond acceptors (Lipinski definition) is 2. The summed E-state index contributed by atoms with van der Waals surface area (Å²) in [6.45, 7) is 0.754. The molecular formula is C13H17FN2O. The topological polar surface area (TPSA) is 23.6 Å². The van der Waals surface area contributed by atoms with Crippen molar-refractivity contribution in [3.05, 3.63) is 29.8 Å². The molecule has 0 saturated carbocycles. The molecule has 0 bridgehead atoms. The number of likely N-dealkylation sites (tertiary alicyclic amines) is 1. The van der Waals surface area contributed by atoms with Crippen molar-refractivity contribution in [2.24, 2.45) is 0 Å². The van der Waals surface area contributed by atoms with Crippen LogP contribution in [0.3, 0.4) is 0 Å². The van der Waals surface area contributed by atoms with E-state index in [2.05, 4.69) is 0 Å². The maximum Gasteiger partial charge on any atom is 0.253 e. The van der Waals surface area contributed by atoms with E-state index in [1.807, 2.05) is 31.1 Å². The Morgan fingerprint density at radius 2 is 2.00 bits per heavy atom. The van der Waals surface area contributed by atoms with Crippen molar-refractivity contribution < 1.29 is 9.18 Å². The number of alkyl halides is 1. The van der Waals surface area contributed by atoms with E-state index in [0.717, 1.165) is 5.69 Å². The van der Waals surface area contributed by atoms with E-state index in [9.17, 15) is 9.18 Å². The highest BCUT2D eigenvalue weighted by Gasteiger charge is 2.26. The zero-order valence-corrected chi connectivity index (χ0v) is 10.2. The number of nitrogens with zero attached hydrogens (tertiary/aromatic N) is 2. The van der Waals surface area contributed by atoms with E-state index >= 15 is 0 Å². The van der Waals surface area contributed by atoms with Crippen LogP contribution in [0, 0.1) is 0 Å². The van der Waals surface area contributed by atoms with Gasteiger partial charge in [-0.15, -0.1) is 0 Å². The summed E-state index contributed by atoms with van der Waals surface area (Å²) in [6.07, 6.45) is -0.401. The molecule has 0 aliphatic carbocycles. The number of hydrogen-bond donors (Lipinski definition) is 0. The quantitative estimate of drug-likeness (QED) is 0.783. The minimum Gasteiger partial charge on any atom is -0.378 e. The molecule has 17 heavy (non-hydrogen) atoms. The molecule has 92 valence electrons. The Morgan fingerprint density at radius 1 is 1.35 bits per heavy atom. The van der Waals surface area contributed by atoms with Crippen LogP contribution in [-0.4, -0.2) is 44.2 Å². The number of benzene rings is 1. The maximum absolute atomic E-state index is 13.0. The number of anilines is 1. The smallest absolute Gasteiger partial charge is 0.253 e. The van der Waals surface area contributed by atoms with E-state index in [-0.39, 0.29) is 12.5 Å². The van der Waals surface area contributed by atoms with Crippen molar-refractivity contribution in [3.63, 3.8) is 0 Å². The summed E-state index contributed by atoms with van der Waals surface area (Å²) in [5.74, 6) is -0.0737. The number of halogens is 1. The number of rotatable bonds is 2. The van der Waals surface area contributed by atoms with Gasteiger partial charge in [-0.3, -0.25) is 4.79 Å². The molecular weight excluding hydrogens is 219 g/mol. The largest absolute Gasteiger partial charge is 0.378 e. The fourth-order valence-electron chi connectivity index (χ4n) is 1.99. The molecule has 1 atom stereocenters. The summed E-state index contributed by atoms with van der Waals surface area (Å²) in [7, 11) is 3.90. The second-order valence-corrected chi connectivity index (χ2v) is 4.58. The average molecular weight is 236 g/mol. The Bertz CT molecular complexity index is 402. The predicted molar refractivity (Wildman–Crippen MR) is 66.2 cm³/mol. The van der Waals surface area contributed by atoms with E-state index in [1.54, 1.807) is 17.0 Å². The highest BCUT2D eigenvalue weighted by atomic mass is 19.1. The van der Waals surface area contributed by atoms with Gasteiger partial charge in [0.1, 0.15) is 6.17 Å². The van der Waals surface area contributed by atoms with Gasteiger partial charge < -0.3 is 9.80 Å². The second-order valence-electron chi connectivity index (χ2n) is 4.58. The van der Waals surface area contributed by atoms with E-state index in [1.165, 1.54) is 0 Å². The Labute approximate surface area is 101 Å². The van der Waals surface area contributed by atoms with Crippen molar-refractivity contribution >= 4 is 11.6 Å². The van der Waals surface area contributed by atoms with Crippen molar-refractivity contribution in [2.75, 3.05) is 32.1 Å². The Hall–Kier alpha value is -1.58. The molecule has 1 aromatic carbocycles. The van der Waals surface area contributed by atoms with Gasteiger partial charge in [-0.1, -0.05) is 0 Å². The lowest BCUT2D eigenvalue weighted by Gasteiger charge is -2.16. The molecule has 1 aliphatic rings. The van der Waals surface area contributed by atoms with Crippen LogP contribution in [0.2, 0.25) is 0 Å². The fourth-order valence-corrected chi connectivity index (χ4v) is 1.99. The second kappa shape index (κ2) is 4.73. The lowest BCUT2D eigenvalue weighted by atomic mass is 10.2. The molecule has 4 heteroatoms. The lowest BCUT2D eigenvalue weighted by molar-refractivity contribution is 0.0783. The summed E-state index contributed by atoms with van der Waals surface area (Å²) in [4.78, 5) is 15.6. The number of carbonyl (C=O) groups excluding carboxylic acids is 1. The molecule has 0 radical (unpaired) electrons. The molecule has 0 unspecified atom stereocenters. The van der Waals surface area contributed by atoms with Gasteiger partial charge in [0.15, 0.2) is 0 Å². The minimum atomic E-state index is -0.861. The van der Waals surface area contributed by atoms with Gasteiger partial charge in [0.2, 0.25) is 0 Å². The molecule has 3 nitrogen and oxygen atoms in total. The summed E-state index contributed by atoms with van der Waals surface area (Å²) in [6, 6.07) is 7.39. The molecule has 0 aromatic heterocycles. The molecule has 0 spiro atoms. The first kappa shape index (κ1) is 11.9. The highest BCUT2D eigenvalue weighted by Crippen LogP contribution is 2.18. The maximum atomic E-state index is 13.0. The van der Waals surface area contributed by atoms with Crippen LogP contribution >= 0.6 is 0 Å². The normalized spacial score (nSPS) is 19.5. The van der Waals surface area contributed by atoms with Crippen molar-refractivity contribution in [3.8, 4) is 0 Å². The monoisotopic (exact) mass is 236 g/mol. The van der Waals surface area contributed by atoms with Crippen molar-refractivity contribution in [1.29, 1.82) is 0 Å². The Morgan fingerprint density at radius 3 is 2.47 bits per heavy atom. The first-order chi connectivity index (χ1) is 8.08. The third-order valence-electron chi connectivity index (χ3n) is 3.05. The molecule has 1 aromatic rings. The third-order valence-corrected chi connectivity index (χ3v) is 3.05. The Balaban J connectivity index is 2.09. The number of amides is 1. The van der Waals surface area contributed by atoms with Crippen molar-refractivity contribution in [1.82, 2.24) is 4.90 Å². The summed E-state index contributed by atoms with van der Waals surface area (Å²) in [5.41, 5.74) is 1.68. The van der Waals surface area contributed by atoms with Crippen LogP contribution in [0.1, 0.15) is 16.8 Å². The third kappa shape index (κ3) is 2.57. The van der Waals surface area contributed by atoms with Crippen LogP contribution in [-0.2, 0) is 0 Å². The lowest BCUT2D eigenvalue weighted by Crippen LogP contribution is -2.28. The molecule has 1 fully saturated rings. The molecule has 1 heterocycles. The first-order valence-corrected chi connectivity index (χ1v) is 5.78. The Kier molecular flexibility index (Phi) is 3.31. The first-order valence-electron chi connectivity index (χ1n) is 5.78.